The van der Waals surface area contributed by atoms with E-state index in [9.17, 15) is 10.1 Å². The number of para-hydroxylation sites is 1. The fraction of sp³-hybridized carbons (Fsp3) is 0.0476. The van der Waals surface area contributed by atoms with E-state index in [0.29, 0.717) is 5.75 Å². The van der Waals surface area contributed by atoms with Crippen LogP contribution in [0.25, 0.3) is 17.1 Å². The largest absolute Gasteiger partial charge is 0.270 e. The summed E-state index contributed by atoms with van der Waals surface area (Å²) in [5.74, 6) is 1.31. The second-order valence-corrected chi connectivity index (χ2v) is 7.00. The molecule has 0 aliphatic heterocycles. The predicted octanol–water partition coefficient (Wildman–Crippen LogP) is 5.13. The van der Waals surface area contributed by atoms with Crippen molar-refractivity contribution in [3.63, 3.8) is 0 Å². The molecule has 0 bridgehead atoms. The van der Waals surface area contributed by atoms with Crippen molar-refractivity contribution in [2.45, 2.75) is 10.9 Å². The SMILES string of the molecule is O=[N+]([O-])c1cccc(CSc2nnc(-c3ccccc3)n2-c2ccccc2)c1. The number of hydrogen-bond donors (Lipinski definition) is 0. The van der Waals surface area contributed by atoms with Crippen LogP contribution in [0.4, 0.5) is 5.69 Å². The quantitative estimate of drug-likeness (QED) is 0.260. The highest BCUT2D eigenvalue weighted by Crippen LogP contribution is 2.30. The minimum Gasteiger partial charge on any atom is -0.270 e. The van der Waals surface area contributed by atoms with Crippen LogP contribution in [0.2, 0.25) is 0 Å². The predicted molar refractivity (Wildman–Crippen MR) is 109 cm³/mol. The van der Waals surface area contributed by atoms with Gasteiger partial charge in [0, 0.05) is 29.1 Å². The van der Waals surface area contributed by atoms with Crippen molar-refractivity contribution in [2.24, 2.45) is 0 Å². The van der Waals surface area contributed by atoms with Gasteiger partial charge >= 0.3 is 0 Å². The summed E-state index contributed by atoms with van der Waals surface area (Å²) in [7, 11) is 0. The number of hydrogen-bond acceptors (Lipinski definition) is 5. The van der Waals surface area contributed by atoms with Gasteiger partial charge in [-0.15, -0.1) is 10.2 Å². The molecule has 4 aromatic rings. The molecular formula is C21H16N4O2S. The Balaban J connectivity index is 1.69. The summed E-state index contributed by atoms with van der Waals surface area (Å²) >= 11 is 1.50. The van der Waals surface area contributed by atoms with Gasteiger partial charge in [0.05, 0.1) is 4.92 Å². The molecule has 138 valence electrons. The van der Waals surface area contributed by atoms with Crippen LogP contribution in [0.5, 0.6) is 0 Å². The Morgan fingerprint density at radius 2 is 1.61 bits per heavy atom. The number of aromatic nitrogens is 3. The number of nitro groups is 1. The summed E-state index contributed by atoms with van der Waals surface area (Å²) in [6.45, 7) is 0. The van der Waals surface area contributed by atoms with E-state index in [1.54, 1.807) is 12.1 Å². The first-order valence-electron chi connectivity index (χ1n) is 8.65. The molecule has 0 saturated heterocycles. The van der Waals surface area contributed by atoms with Gasteiger partial charge in [0.2, 0.25) is 0 Å². The zero-order valence-corrected chi connectivity index (χ0v) is 15.6. The lowest BCUT2D eigenvalue weighted by Gasteiger charge is -2.10. The van der Waals surface area contributed by atoms with Gasteiger partial charge in [-0.3, -0.25) is 14.7 Å². The van der Waals surface area contributed by atoms with Crippen molar-refractivity contribution in [1.29, 1.82) is 0 Å². The molecule has 0 atom stereocenters. The fourth-order valence-corrected chi connectivity index (χ4v) is 3.75. The van der Waals surface area contributed by atoms with E-state index in [1.165, 1.54) is 17.8 Å². The first-order chi connectivity index (χ1) is 13.7. The molecule has 0 aliphatic rings. The van der Waals surface area contributed by atoms with E-state index in [2.05, 4.69) is 10.2 Å². The summed E-state index contributed by atoms with van der Waals surface area (Å²) in [6, 6.07) is 26.5. The third-order valence-corrected chi connectivity index (χ3v) is 5.17. The van der Waals surface area contributed by atoms with E-state index < -0.39 is 0 Å². The third-order valence-electron chi connectivity index (χ3n) is 4.17. The molecule has 1 aromatic heterocycles. The molecule has 1 heterocycles. The summed E-state index contributed by atoms with van der Waals surface area (Å²) < 4.78 is 2.01. The molecule has 0 saturated carbocycles. The molecule has 6 nitrogen and oxygen atoms in total. The normalized spacial score (nSPS) is 10.7. The van der Waals surface area contributed by atoms with E-state index in [-0.39, 0.29) is 10.6 Å². The zero-order chi connectivity index (χ0) is 19.3. The molecule has 0 spiro atoms. The highest BCUT2D eigenvalue weighted by atomic mass is 32.2. The third kappa shape index (κ3) is 3.79. The first-order valence-corrected chi connectivity index (χ1v) is 9.63. The van der Waals surface area contributed by atoms with Crippen LogP contribution in [0.15, 0.2) is 90.1 Å². The van der Waals surface area contributed by atoms with Crippen molar-refractivity contribution in [2.75, 3.05) is 0 Å². The molecule has 0 amide bonds. The first kappa shape index (κ1) is 17.9. The van der Waals surface area contributed by atoms with Crippen LogP contribution < -0.4 is 0 Å². The van der Waals surface area contributed by atoms with Gasteiger partial charge in [-0.2, -0.15) is 0 Å². The maximum absolute atomic E-state index is 11.0. The van der Waals surface area contributed by atoms with Crippen molar-refractivity contribution >= 4 is 17.4 Å². The van der Waals surface area contributed by atoms with Gasteiger partial charge in [0.1, 0.15) is 0 Å². The van der Waals surface area contributed by atoms with Crippen molar-refractivity contribution < 1.29 is 4.92 Å². The number of rotatable bonds is 6. The van der Waals surface area contributed by atoms with Crippen LogP contribution in [-0.2, 0) is 5.75 Å². The average Bonchev–Trinajstić information content (AvgIpc) is 3.18. The molecule has 0 radical (unpaired) electrons. The van der Waals surface area contributed by atoms with Crippen LogP contribution in [0.3, 0.4) is 0 Å². The number of thioether (sulfide) groups is 1. The average molecular weight is 388 g/mol. The minimum atomic E-state index is -0.381. The lowest BCUT2D eigenvalue weighted by atomic mass is 10.2. The standard InChI is InChI=1S/C21H16N4O2S/c26-25(27)19-13-7-8-16(14-19)15-28-21-23-22-20(17-9-3-1-4-10-17)24(21)18-11-5-2-6-12-18/h1-14H,15H2. The van der Waals surface area contributed by atoms with Gasteiger partial charge in [0.25, 0.3) is 5.69 Å². The van der Waals surface area contributed by atoms with Crippen LogP contribution >= 0.6 is 11.8 Å². The highest BCUT2D eigenvalue weighted by molar-refractivity contribution is 7.98. The summed E-state index contributed by atoms with van der Waals surface area (Å²) in [4.78, 5) is 10.6. The Kier molecular flexibility index (Phi) is 5.16. The molecule has 0 fully saturated rings. The summed E-state index contributed by atoms with van der Waals surface area (Å²) in [5.41, 5.74) is 2.89. The lowest BCUT2D eigenvalue weighted by Crippen LogP contribution is -1.99. The molecule has 3 aromatic carbocycles. The van der Waals surface area contributed by atoms with E-state index in [1.807, 2.05) is 71.3 Å². The maximum atomic E-state index is 11.0. The molecule has 0 unspecified atom stereocenters. The van der Waals surface area contributed by atoms with Crippen LogP contribution in [0, 0.1) is 10.1 Å². The monoisotopic (exact) mass is 388 g/mol. The smallest absolute Gasteiger partial charge is 0.269 e. The molecule has 28 heavy (non-hydrogen) atoms. The Bertz CT molecular complexity index is 1100. The lowest BCUT2D eigenvalue weighted by molar-refractivity contribution is -0.384. The molecule has 0 N–H and O–H groups in total. The molecule has 7 heteroatoms. The molecule has 0 aliphatic carbocycles. The number of non-ortho nitro benzene ring substituents is 1. The highest BCUT2D eigenvalue weighted by Gasteiger charge is 2.16. The summed E-state index contributed by atoms with van der Waals surface area (Å²) in [6.07, 6.45) is 0. The fourth-order valence-electron chi connectivity index (χ4n) is 2.86. The van der Waals surface area contributed by atoms with Crippen LogP contribution in [0.1, 0.15) is 5.56 Å². The van der Waals surface area contributed by atoms with E-state index >= 15 is 0 Å². The van der Waals surface area contributed by atoms with Crippen LogP contribution in [-0.4, -0.2) is 19.7 Å². The molecular weight excluding hydrogens is 372 g/mol. The second kappa shape index (κ2) is 8.06. The second-order valence-electron chi connectivity index (χ2n) is 6.06. The van der Waals surface area contributed by atoms with Gasteiger partial charge in [0.15, 0.2) is 11.0 Å². The summed E-state index contributed by atoms with van der Waals surface area (Å²) in [5, 5.41) is 20.5. The zero-order valence-electron chi connectivity index (χ0n) is 14.8. The minimum absolute atomic E-state index is 0.0904. The van der Waals surface area contributed by atoms with E-state index in [0.717, 1.165) is 27.8 Å². The Labute approximate surface area is 166 Å². The van der Waals surface area contributed by atoms with E-state index in [4.69, 9.17) is 0 Å². The Hall–Kier alpha value is -3.45. The Morgan fingerprint density at radius 3 is 2.32 bits per heavy atom. The number of nitro benzene ring substituents is 1. The van der Waals surface area contributed by atoms with Crippen molar-refractivity contribution in [3.05, 3.63) is 101 Å². The molecule has 4 rings (SSSR count). The number of nitrogens with zero attached hydrogens (tertiary/aromatic N) is 4. The van der Waals surface area contributed by atoms with Gasteiger partial charge in [-0.1, -0.05) is 72.4 Å². The van der Waals surface area contributed by atoms with Crippen molar-refractivity contribution in [1.82, 2.24) is 14.8 Å². The van der Waals surface area contributed by atoms with Gasteiger partial charge in [-0.05, 0) is 17.7 Å². The maximum Gasteiger partial charge on any atom is 0.269 e. The topological polar surface area (TPSA) is 73.8 Å². The number of benzene rings is 3. The van der Waals surface area contributed by atoms with Crippen molar-refractivity contribution in [3.8, 4) is 17.1 Å². The van der Waals surface area contributed by atoms with Gasteiger partial charge < -0.3 is 0 Å². The van der Waals surface area contributed by atoms with Gasteiger partial charge in [-0.25, -0.2) is 0 Å². The Morgan fingerprint density at radius 1 is 0.893 bits per heavy atom.